The number of thiophene rings is 1. The van der Waals surface area contributed by atoms with Crippen molar-refractivity contribution in [3.05, 3.63) is 21.9 Å². The van der Waals surface area contributed by atoms with Crippen LogP contribution in [-0.2, 0) is 0 Å². The number of piperidine rings is 1. The number of nitrogens with one attached hydrogen (secondary N) is 2. The minimum Gasteiger partial charge on any atom is -0.349 e. The van der Waals surface area contributed by atoms with E-state index in [0.717, 1.165) is 24.2 Å². The first kappa shape index (κ1) is 11.2. The number of amides is 1. The van der Waals surface area contributed by atoms with Crippen molar-refractivity contribution in [1.29, 1.82) is 0 Å². The van der Waals surface area contributed by atoms with E-state index in [1.807, 2.05) is 17.7 Å². The Morgan fingerprint density at radius 2 is 2.24 bits per heavy atom. The van der Waals surface area contributed by atoms with Crippen LogP contribution in [-0.4, -0.2) is 25.0 Å². The Morgan fingerprint density at radius 1 is 1.47 bits per heavy atom. The summed E-state index contributed by atoms with van der Waals surface area (Å²) >= 11 is 1.60. The van der Waals surface area contributed by atoms with E-state index < -0.39 is 0 Å². The lowest BCUT2D eigenvalue weighted by Crippen LogP contribution is -2.36. The molecule has 1 saturated carbocycles. The fourth-order valence-electron chi connectivity index (χ4n) is 2.86. The van der Waals surface area contributed by atoms with Gasteiger partial charge in [0.1, 0.15) is 0 Å². The first-order chi connectivity index (χ1) is 8.21. The Kier molecular flexibility index (Phi) is 2.71. The number of carbonyl (C=O) groups excluding carboxylic acids is 1. The third-order valence-corrected chi connectivity index (χ3v) is 5.06. The van der Waals surface area contributed by atoms with Gasteiger partial charge in [-0.25, -0.2) is 0 Å². The van der Waals surface area contributed by atoms with Crippen LogP contribution in [0.1, 0.15) is 35.2 Å². The Labute approximate surface area is 106 Å². The van der Waals surface area contributed by atoms with Crippen LogP contribution in [0.3, 0.4) is 0 Å². The monoisotopic (exact) mass is 250 g/mol. The van der Waals surface area contributed by atoms with Crippen LogP contribution >= 0.6 is 11.3 Å². The van der Waals surface area contributed by atoms with Gasteiger partial charge in [-0.15, -0.1) is 0 Å². The lowest BCUT2D eigenvalue weighted by molar-refractivity contribution is 0.0942. The smallest absolute Gasteiger partial charge is 0.252 e. The molecule has 3 nitrogen and oxygen atoms in total. The van der Waals surface area contributed by atoms with E-state index in [0.29, 0.717) is 11.5 Å². The lowest BCUT2D eigenvalue weighted by atomic mass is 9.94. The molecule has 4 heteroatoms. The topological polar surface area (TPSA) is 41.1 Å². The molecule has 1 aliphatic carbocycles. The maximum Gasteiger partial charge on any atom is 0.252 e. The van der Waals surface area contributed by atoms with Gasteiger partial charge >= 0.3 is 0 Å². The van der Waals surface area contributed by atoms with Crippen molar-refractivity contribution in [3.8, 4) is 0 Å². The van der Waals surface area contributed by atoms with Gasteiger partial charge in [0.05, 0.1) is 5.56 Å². The van der Waals surface area contributed by atoms with Gasteiger partial charge in [-0.3, -0.25) is 4.79 Å². The van der Waals surface area contributed by atoms with Crippen molar-refractivity contribution in [2.24, 2.45) is 5.41 Å². The predicted molar refractivity (Wildman–Crippen MR) is 69.5 cm³/mol. The quantitative estimate of drug-likeness (QED) is 0.842. The molecule has 1 spiro atoms. The number of hydrogen-bond donors (Lipinski definition) is 2. The predicted octanol–water partition coefficient (Wildman–Crippen LogP) is 1.93. The zero-order chi connectivity index (χ0) is 11.9. The van der Waals surface area contributed by atoms with Crippen molar-refractivity contribution < 1.29 is 4.79 Å². The standard InChI is InChI=1S/C13H18N2OS/c1-9-7-17-8-10(9)12(16)15-11-6-13(11)2-4-14-5-3-13/h7-8,11,14H,2-6H2,1H3,(H,15,16). The molecule has 92 valence electrons. The van der Waals surface area contributed by atoms with Crippen molar-refractivity contribution in [3.63, 3.8) is 0 Å². The van der Waals surface area contributed by atoms with Gasteiger partial charge in [0, 0.05) is 11.4 Å². The van der Waals surface area contributed by atoms with E-state index in [9.17, 15) is 4.79 Å². The van der Waals surface area contributed by atoms with Crippen LogP contribution in [0.2, 0.25) is 0 Å². The second kappa shape index (κ2) is 4.10. The van der Waals surface area contributed by atoms with Gasteiger partial charge in [-0.05, 0) is 55.6 Å². The van der Waals surface area contributed by atoms with Crippen LogP contribution in [0, 0.1) is 12.3 Å². The summed E-state index contributed by atoms with van der Waals surface area (Å²) in [5.41, 5.74) is 2.36. The van der Waals surface area contributed by atoms with E-state index in [1.54, 1.807) is 11.3 Å². The first-order valence-electron chi connectivity index (χ1n) is 6.26. The van der Waals surface area contributed by atoms with Gasteiger partial charge in [0.15, 0.2) is 0 Å². The Morgan fingerprint density at radius 3 is 2.88 bits per heavy atom. The van der Waals surface area contributed by atoms with Crippen molar-refractivity contribution in [2.45, 2.75) is 32.2 Å². The molecule has 2 heterocycles. The molecule has 2 fully saturated rings. The number of rotatable bonds is 2. The lowest BCUT2D eigenvalue weighted by Gasteiger charge is -2.23. The molecule has 0 bridgehead atoms. The second-order valence-electron chi connectivity index (χ2n) is 5.31. The summed E-state index contributed by atoms with van der Waals surface area (Å²) in [6.07, 6.45) is 3.59. The third kappa shape index (κ3) is 2.00. The molecular weight excluding hydrogens is 232 g/mol. The van der Waals surface area contributed by atoms with Crippen LogP contribution in [0.4, 0.5) is 0 Å². The minimum absolute atomic E-state index is 0.115. The fraction of sp³-hybridized carbons (Fsp3) is 0.615. The van der Waals surface area contributed by atoms with E-state index in [4.69, 9.17) is 0 Å². The van der Waals surface area contributed by atoms with Crippen LogP contribution in [0.15, 0.2) is 10.8 Å². The van der Waals surface area contributed by atoms with E-state index in [2.05, 4.69) is 10.6 Å². The van der Waals surface area contributed by atoms with Crippen molar-refractivity contribution in [1.82, 2.24) is 10.6 Å². The molecule has 0 aromatic carbocycles. The molecule has 1 atom stereocenters. The van der Waals surface area contributed by atoms with Gasteiger partial charge in [0.25, 0.3) is 5.91 Å². The normalized spacial score (nSPS) is 25.8. The molecule has 1 amide bonds. The first-order valence-corrected chi connectivity index (χ1v) is 7.20. The average molecular weight is 250 g/mol. The zero-order valence-corrected chi connectivity index (χ0v) is 10.9. The van der Waals surface area contributed by atoms with Gasteiger partial charge in [0.2, 0.25) is 0 Å². The summed E-state index contributed by atoms with van der Waals surface area (Å²) in [5.74, 6) is 0.115. The summed E-state index contributed by atoms with van der Waals surface area (Å²) in [7, 11) is 0. The SMILES string of the molecule is Cc1cscc1C(=O)NC1CC12CCNCC2. The second-order valence-corrected chi connectivity index (χ2v) is 6.05. The summed E-state index contributed by atoms with van der Waals surface area (Å²) in [6, 6.07) is 0.413. The molecule has 17 heavy (non-hydrogen) atoms. The largest absolute Gasteiger partial charge is 0.349 e. The zero-order valence-electron chi connectivity index (χ0n) is 10.1. The maximum absolute atomic E-state index is 12.1. The number of hydrogen-bond acceptors (Lipinski definition) is 3. The molecule has 1 aliphatic heterocycles. The Balaban J connectivity index is 1.62. The number of carbonyl (C=O) groups is 1. The summed E-state index contributed by atoms with van der Waals surface area (Å²) in [5, 5.41) is 10.6. The van der Waals surface area contributed by atoms with E-state index >= 15 is 0 Å². The van der Waals surface area contributed by atoms with E-state index in [1.165, 1.54) is 19.3 Å². The van der Waals surface area contributed by atoms with Crippen molar-refractivity contribution >= 4 is 17.2 Å². The average Bonchev–Trinajstić information content (AvgIpc) is 2.77. The molecule has 1 aromatic rings. The van der Waals surface area contributed by atoms with Crippen molar-refractivity contribution in [2.75, 3.05) is 13.1 Å². The highest BCUT2D eigenvalue weighted by molar-refractivity contribution is 7.08. The maximum atomic E-state index is 12.1. The minimum atomic E-state index is 0.115. The van der Waals surface area contributed by atoms with Gasteiger partial charge < -0.3 is 10.6 Å². The fourth-order valence-corrected chi connectivity index (χ4v) is 3.69. The van der Waals surface area contributed by atoms with Gasteiger partial charge in [-0.2, -0.15) is 11.3 Å². The van der Waals surface area contributed by atoms with Crippen LogP contribution < -0.4 is 10.6 Å². The Hall–Kier alpha value is -0.870. The summed E-state index contributed by atoms with van der Waals surface area (Å²) < 4.78 is 0. The Bertz CT molecular complexity index is 434. The van der Waals surface area contributed by atoms with Crippen LogP contribution in [0.25, 0.3) is 0 Å². The molecule has 1 aromatic heterocycles. The highest BCUT2D eigenvalue weighted by Gasteiger charge is 2.54. The summed E-state index contributed by atoms with van der Waals surface area (Å²) in [4.78, 5) is 12.1. The molecule has 3 rings (SSSR count). The molecular formula is C13H18N2OS. The van der Waals surface area contributed by atoms with Crippen LogP contribution in [0.5, 0.6) is 0 Å². The molecule has 1 unspecified atom stereocenters. The van der Waals surface area contributed by atoms with E-state index in [-0.39, 0.29) is 5.91 Å². The molecule has 1 saturated heterocycles. The number of aryl methyl sites for hydroxylation is 1. The highest BCUT2D eigenvalue weighted by atomic mass is 32.1. The molecule has 2 aliphatic rings. The highest BCUT2D eigenvalue weighted by Crippen LogP contribution is 2.52. The summed E-state index contributed by atoms with van der Waals surface area (Å²) in [6.45, 7) is 4.20. The molecule has 0 radical (unpaired) electrons. The van der Waals surface area contributed by atoms with Gasteiger partial charge in [-0.1, -0.05) is 0 Å². The third-order valence-electron chi connectivity index (χ3n) is 4.19. The molecule has 2 N–H and O–H groups in total.